The van der Waals surface area contributed by atoms with Gasteiger partial charge in [-0.15, -0.1) is 0 Å². The fourth-order valence-electron chi connectivity index (χ4n) is 3.10. The Kier molecular flexibility index (Phi) is 8.67. The Morgan fingerprint density at radius 3 is 2.50 bits per heavy atom. The lowest BCUT2D eigenvalue weighted by Gasteiger charge is -2.09. The summed E-state index contributed by atoms with van der Waals surface area (Å²) in [5.74, 6) is -0.915. The van der Waals surface area contributed by atoms with Crippen LogP contribution in [-0.2, 0) is 16.1 Å². The number of nitro benzene ring substituents is 1. The van der Waals surface area contributed by atoms with Crippen LogP contribution in [-0.4, -0.2) is 23.9 Å². The largest absolute Gasteiger partial charge is 0.493 e. The Bertz CT molecular complexity index is 1370. The van der Waals surface area contributed by atoms with E-state index >= 15 is 0 Å². The highest BCUT2D eigenvalue weighted by atomic mass is 16.6. The maximum atomic E-state index is 12.4. The van der Waals surface area contributed by atoms with E-state index in [4.69, 9.17) is 9.47 Å². The van der Waals surface area contributed by atoms with E-state index in [0.29, 0.717) is 11.1 Å². The summed E-state index contributed by atoms with van der Waals surface area (Å²) < 4.78 is 10.6. The predicted octanol–water partition coefficient (Wildman–Crippen LogP) is 4.45. The van der Waals surface area contributed by atoms with Crippen molar-refractivity contribution in [2.45, 2.75) is 6.54 Å². The van der Waals surface area contributed by atoms with Crippen LogP contribution in [0.15, 0.2) is 84.4 Å². The van der Waals surface area contributed by atoms with Gasteiger partial charge in [0.1, 0.15) is 11.6 Å². The number of ether oxygens (including phenoxy) is 2. The first-order chi connectivity index (χ1) is 17.4. The number of benzene rings is 3. The fourth-order valence-corrected chi connectivity index (χ4v) is 3.10. The first kappa shape index (κ1) is 25.4. The zero-order valence-corrected chi connectivity index (χ0v) is 19.2. The van der Waals surface area contributed by atoms with Crippen LogP contribution in [0.2, 0.25) is 0 Å². The van der Waals surface area contributed by atoms with Crippen LogP contribution >= 0.6 is 0 Å². The van der Waals surface area contributed by atoms with E-state index in [1.54, 1.807) is 12.1 Å². The molecule has 9 heteroatoms. The standard InChI is InChI=1S/C27H21N3O6/c1-35-25-16-21(14-22(17-28)27(32)29-18-20-6-3-2-4-7-20)10-12-24(25)36-26(31)13-11-19-8-5-9-23(15-19)30(33)34/h2-16H,18H2,1H3,(H,29,32)/b13-11+,22-14+. The van der Waals surface area contributed by atoms with E-state index < -0.39 is 16.8 Å². The molecule has 0 atom stereocenters. The topological polar surface area (TPSA) is 132 Å². The Hall–Kier alpha value is -5.23. The number of rotatable bonds is 9. The molecule has 3 aromatic carbocycles. The smallest absolute Gasteiger partial charge is 0.336 e. The maximum absolute atomic E-state index is 12.4. The lowest BCUT2D eigenvalue weighted by atomic mass is 10.1. The molecule has 0 saturated carbocycles. The third-order valence-corrected chi connectivity index (χ3v) is 4.86. The normalized spacial score (nSPS) is 10.9. The third-order valence-electron chi connectivity index (χ3n) is 4.86. The average molecular weight is 483 g/mol. The monoisotopic (exact) mass is 483 g/mol. The van der Waals surface area contributed by atoms with Crippen LogP contribution < -0.4 is 14.8 Å². The molecule has 0 bridgehead atoms. The number of amides is 1. The number of nitrogens with one attached hydrogen (secondary N) is 1. The minimum Gasteiger partial charge on any atom is -0.493 e. The Balaban J connectivity index is 1.69. The Morgan fingerprint density at radius 1 is 1.03 bits per heavy atom. The van der Waals surface area contributed by atoms with Crippen molar-refractivity contribution in [3.8, 4) is 17.6 Å². The molecule has 3 rings (SSSR count). The van der Waals surface area contributed by atoms with E-state index in [-0.39, 0.29) is 29.3 Å². The molecule has 0 aliphatic carbocycles. The second kappa shape index (κ2) is 12.3. The number of nitro groups is 1. The molecule has 1 N–H and O–H groups in total. The molecule has 0 heterocycles. The summed E-state index contributed by atoms with van der Waals surface area (Å²) in [7, 11) is 1.39. The predicted molar refractivity (Wildman–Crippen MR) is 133 cm³/mol. The number of carbonyl (C=O) groups excluding carboxylic acids is 2. The van der Waals surface area contributed by atoms with E-state index in [9.17, 15) is 25.0 Å². The van der Waals surface area contributed by atoms with Crippen molar-refractivity contribution in [3.63, 3.8) is 0 Å². The highest BCUT2D eigenvalue weighted by Gasteiger charge is 2.12. The molecule has 9 nitrogen and oxygen atoms in total. The molecular formula is C27H21N3O6. The molecule has 3 aromatic rings. The van der Waals surface area contributed by atoms with Crippen molar-refractivity contribution in [3.05, 3.63) is 111 Å². The number of hydrogen-bond acceptors (Lipinski definition) is 7. The van der Waals surface area contributed by atoms with Gasteiger partial charge in [-0.1, -0.05) is 48.5 Å². The molecule has 0 radical (unpaired) electrons. The SMILES string of the molecule is COc1cc(/C=C(\C#N)C(=O)NCc2ccccc2)ccc1OC(=O)/C=C/c1cccc([N+](=O)[O-])c1. The number of esters is 1. The zero-order valence-electron chi connectivity index (χ0n) is 19.2. The van der Waals surface area contributed by atoms with Crippen LogP contribution in [0.25, 0.3) is 12.2 Å². The first-order valence-electron chi connectivity index (χ1n) is 10.7. The Morgan fingerprint density at radius 2 is 1.81 bits per heavy atom. The Labute approximate surface area is 207 Å². The van der Waals surface area contributed by atoms with Gasteiger partial charge in [0.15, 0.2) is 11.5 Å². The van der Waals surface area contributed by atoms with Crippen LogP contribution in [0.5, 0.6) is 11.5 Å². The number of carbonyl (C=O) groups is 2. The number of methoxy groups -OCH3 is 1. The van der Waals surface area contributed by atoms with Crippen molar-refractivity contribution in [2.24, 2.45) is 0 Å². The van der Waals surface area contributed by atoms with Crippen molar-refractivity contribution >= 4 is 29.7 Å². The number of nitrogens with zero attached hydrogens (tertiary/aromatic N) is 2. The van der Waals surface area contributed by atoms with Crippen LogP contribution in [0.1, 0.15) is 16.7 Å². The molecule has 0 spiro atoms. The number of nitriles is 1. The van der Waals surface area contributed by atoms with Crippen molar-refractivity contribution in [1.82, 2.24) is 5.32 Å². The fraction of sp³-hybridized carbons (Fsp3) is 0.0741. The average Bonchev–Trinajstić information content (AvgIpc) is 2.90. The van der Waals surface area contributed by atoms with Crippen molar-refractivity contribution in [2.75, 3.05) is 7.11 Å². The van der Waals surface area contributed by atoms with Gasteiger partial charge in [0.25, 0.3) is 11.6 Å². The maximum Gasteiger partial charge on any atom is 0.336 e. The molecule has 1 amide bonds. The summed E-state index contributed by atoms with van der Waals surface area (Å²) in [6.45, 7) is 0.279. The summed E-state index contributed by atoms with van der Waals surface area (Å²) in [5, 5.41) is 23.0. The van der Waals surface area contributed by atoms with E-state index in [2.05, 4.69) is 5.32 Å². The van der Waals surface area contributed by atoms with Gasteiger partial charge in [-0.2, -0.15) is 5.26 Å². The molecule has 0 aliphatic heterocycles. The first-order valence-corrected chi connectivity index (χ1v) is 10.7. The summed E-state index contributed by atoms with van der Waals surface area (Å²) in [6.07, 6.45) is 3.93. The van der Waals surface area contributed by atoms with Gasteiger partial charge < -0.3 is 14.8 Å². The highest BCUT2D eigenvalue weighted by Crippen LogP contribution is 2.29. The zero-order chi connectivity index (χ0) is 25.9. The minimum absolute atomic E-state index is 0.0960. The van der Waals surface area contributed by atoms with Gasteiger partial charge in [0, 0.05) is 24.8 Å². The van der Waals surface area contributed by atoms with Gasteiger partial charge >= 0.3 is 5.97 Å². The van der Waals surface area contributed by atoms with Crippen LogP contribution in [0.3, 0.4) is 0 Å². The van der Waals surface area contributed by atoms with Crippen molar-refractivity contribution in [1.29, 1.82) is 5.26 Å². The number of hydrogen-bond donors (Lipinski definition) is 1. The molecular weight excluding hydrogens is 462 g/mol. The van der Waals surface area contributed by atoms with Gasteiger partial charge in [0.05, 0.1) is 12.0 Å². The summed E-state index contributed by atoms with van der Waals surface area (Å²) in [4.78, 5) is 35.0. The van der Waals surface area contributed by atoms with Crippen LogP contribution in [0.4, 0.5) is 5.69 Å². The second-order valence-electron chi connectivity index (χ2n) is 7.35. The van der Waals surface area contributed by atoms with Gasteiger partial charge in [-0.05, 0) is 41.0 Å². The van der Waals surface area contributed by atoms with Gasteiger partial charge in [0.2, 0.25) is 0 Å². The van der Waals surface area contributed by atoms with E-state index in [1.165, 1.54) is 49.6 Å². The summed E-state index contributed by atoms with van der Waals surface area (Å²) in [6, 6.07) is 21.5. The van der Waals surface area contributed by atoms with Crippen molar-refractivity contribution < 1.29 is 24.0 Å². The molecule has 36 heavy (non-hydrogen) atoms. The molecule has 0 fully saturated rings. The summed E-state index contributed by atoms with van der Waals surface area (Å²) >= 11 is 0. The highest BCUT2D eigenvalue weighted by molar-refractivity contribution is 6.01. The quantitative estimate of drug-likeness (QED) is 0.119. The summed E-state index contributed by atoms with van der Waals surface area (Å²) in [5.41, 5.74) is 1.66. The second-order valence-corrected chi connectivity index (χ2v) is 7.35. The molecule has 0 saturated heterocycles. The molecule has 0 aromatic heterocycles. The minimum atomic E-state index is -0.721. The number of non-ortho nitro benzene ring substituents is 1. The molecule has 180 valence electrons. The molecule has 0 aliphatic rings. The third kappa shape index (κ3) is 7.13. The lowest BCUT2D eigenvalue weighted by molar-refractivity contribution is -0.384. The van der Waals surface area contributed by atoms with E-state index in [1.807, 2.05) is 36.4 Å². The van der Waals surface area contributed by atoms with Crippen LogP contribution in [0, 0.1) is 21.4 Å². The van der Waals surface area contributed by atoms with E-state index in [0.717, 1.165) is 11.6 Å². The van der Waals surface area contributed by atoms with Gasteiger partial charge in [-0.25, -0.2) is 4.79 Å². The lowest BCUT2D eigenvalue weighted by Crippen LogP contribution is -2.23. The van der Waals surface area contributed by atoms with Gasteiger partial charge in [-0.3, -0.25) is 14.9 Å². The molecule has 0 unspecified atom stereocenters.